The number of carbonyl (C=O) groups is 4. The van der Waals surface area contributed by atoms with Gasteiger partial charge in [0.2, 0.25) is 11.8 Å². The van der Waals surface area contributed by atoms with E-state index < -0.39 is 18.2 Å². The maximum Gasteiger partial charge on any atom is 0.415 e. The maximum atomic E-state index is 13.3. The van der Waals surface area contributed by atoms with Crippen LogP contribution in [0, 0.1) is 17.2 Å². The molecule has 2 unspecified atom stereocenters. The number of rotatable bonds is 11. The highest BCUT2D eigenvalue weighted by Gasteiger charge is 2.64. The number of guanidine groups is 1. The molecule has 0 radical (unpaired) electrons. The summed E-state index contributed by atoms with van der Waals surface area (Å²) in [5, 5.41) is 15.3. The van der Waals surface area contributed by atoms with Gasteiger partial charge >= 0.3 is 6.09 Å². The summed E-state index contributed by atoms with van der Waals surface area (Å²) in [6.45, 7) is 4.30. The Morgan fingerprint density at radius 2 is 2.05 bits per heavy atom. The van der Waals surface area contributed by atoms with Gasteiger partial charge in [0.25, 0.3) is 0 Å². The molecule has 2 fully saturated rings. The van der Waals surface area contributed by atoms with E-state index >= 15 is 0 Å². The maximum absolute atomic E-state index is 13.3. The van der Waals surface area contributed by atoms with E-state index in [0.717, 1.165) is 31.2 Å². The molecule has 1 spiro atoms. The minimum Gasteiger partial charge on any atom is -0.477 e. The highest BCUT2D eigenvalue weighted by atomic mass is 16.6. The fourth-order valence-electron chi connectivity index (χ4n) is 7.76. The van der Waals surface area contributed by atoms with E-state index in [2.05, 4.69) is 16.0 Å². The first-order valence-corrected chi connectivity index (χ1v) is 15.1. The Labute approximate surface area is 245 Å². The topological polar surface area (TPSA) is 176 Å². The second-order valence-corrected chi connectivity index (χ2v) is 11.9. The summed E-state index contributed by atoms with van der Waals surface area (Å²) >= 11 is 0. The van der Waals surface area contributed by atoms with E-state index in [1.807, 2.05) is 13.0 Å². The van der Waals surface area contributed by atoms with Crippen LogP contribution in [0.4, 0.5) is 4.79 Å². The van der Waals surface area contributed by atoms with Crippen LogP contribution in [0.15, 0.2) is 12.1 Å². The Hall–Kier alpha value is -3.83. The van der Waals surface area contributed by atoms with Crippen molar-refractivity contribution in [1.82, 2.24) is 20.9 Å². The molecule has 2 saturated carbocycles. The highest BCUT2D eigenvalue weighted by Crippen LogP contribution is 2.65. The molecule has 0 aromatic heterocycles. The zero-order valence-electron chi connectivity index (χ0n) is 24.4. The lowest BCUT2D eigenvalue weighted by atomic mass is 9.48. The average molecular weight is 583 g/mol. The van der Waals surface area contributed by atoms with Gasteiger partial charge in [-0.05, 0) is 68.9 Å². The van der Waals surface area contributed by atoms with Crippen molar-refractivity contribution in [2.24, 2.45) is 17.6 Å². The molecule has 5 atom stereocenters. The number of nitrogens with one attached hydrogen (secondary N) is 4. The Morgan fingerprint density at radius 1 is 1.24 bits per heavy atom. The van der Waals surface area contributed by atoms with E-state index in [1.165, 1.54) is 23.8 Å². The van der Waals surface area contributed by atoms with Crippen LogP contribution in [0.2, 0.25) is 0 Å². The van der Waals surface area contributed by atoms with E-state index in [9.17, 15) is 19.2 Å². The largest absolute Gasteiger partial charge is 0.477 e. The van der Waals surface area contributed by atoms with Crippen LogP contribution in [-0.4, -0.2) is 72.9 Å². The molecule has 2 bridgehead atoms. The number of benzene rings is 1. The lowest BCUT2D eigenvalue weighted by Gasteiger charge is -2.54. The Kier molecular flexibility index (Phi) is 8.60. The first-order chi connectivity index (χ1) is 20.1. The summed E-state index contributed by atoms with van der Waals surface area (Å²) in [6, 6.07) is 3.08. The molecule has 228 valence electrons. The molecule has 12 heteroatoms. The summed E-state index contributed by atoms with van der Waals surface area (Å²) < 4.78 is 12.3. The van der Waals surface area contributed by atoms with Crippen LogP contribution in [0.3, 0.4) is 0 Å². The number of hydrogen-bond acceptors (Lipinski definition) is 7. The SMILES string of the molecule is CCN(CCNC(=O)[C@H](CCCNC(=N)N)NC(C)=O)C(=O)Oc1ccc2c3c1OC1C(=O)CCC4[C@H](CCC[C@]314)C2. The predicted molar refractivity (Wildman–Crippen MR) is 154 cm³/mol. The van der Waals surface area contributed by atoms with Crippen molar-refractivity contribution in [3.8, 4) is 11.5 Å². The number of nitrogens with zero attached hydrogens (tertiary/aromatic N) is 1. The van der Waals surface area contributed by atoms with Gasteiger partial charge in [0.15, 0.2) is 29.3 Å². The summed E-state index contributed by atoms with van der Waals surface area (Å²) in [5.41, 5.74) is 7.28. The number of ketones is 1. The van der Waals surface area contributed by atoms with Crippen LogP contribution in [0.1, 0.15) is 69.9 Å². The monoisotopic (exact) mass is 582 g/mol. The normalized spacial score (nSPS) is 25.4. The van der Waals surface area contributed by atoms with Crippen LogP contribution < -0.4 is 31.2 Å². The molecule has 5 rings (SSSR count). The number of Topliss-reactive ketones (excluding diaryl/α,β-unsaturated/α-hetero) is 1. The molecule has 1 aromatic carbocycles. The fraction of sp³-hybridized carbons (Fsp3) is 0.633. The van der Waals surface area contributed by atoms with Gasteiger partial charge in [-0.25, -0.2) is 4.79 Å². The molecule has 1 heterocycles. The number of hydrogen-bond donors (Lipinski definition) is 5. The van der Waals surface area contributed by atoms with Gasteiger partial charge in [-0.1, -0.05) is 12.5 Å². The lowest BCUT2D eigenvalue weighted by molar-refractivity contribution is -0.136. The second kappa shape index (κ2) is 12.2. The number of nitrogens with two attached hydrogens (primary N) is 1. The highest BCUT2D eigenvalue weighted by molar-refractivity contribution is 5.89. The molecule has 3 aliphatic carbocycles. The van der Waals surface area contributed by atoms with E-state index in [-0.39, 0.29) is 42.1 Å². The van der Waals surface area contributed by atoms with Gasteiger partial charge in [0.1, 0.15) is 6.04 Å². The molecule has 0 saturated heterocycles. The molecule has 3 amide bonds. The minimum atomic E-state index is -0.746. The first-order valence-electron chi connectivity index (χ1n) is 15.1. The summed E-state index contributed by atoms with van der Waals surface area (Å²) in [5.74, 6) is 1.18. The van der Waals surface area contributed by atoms with Crippen LogP contribution in [-0.2, 0) is 26.2 Å². The molecule has 1 aliphatic heterocycles. The lowest BCUT2D eigenvalue weighted by Crippen LogP contribution is -2.58. The second-order valence-electron chi connectivity index (χ2n) is 11.9. The predicted octanol–water partition coefficient (Wildman–Crippen LogP) is 1.73. The van der Waals surface area contributed by atoms with Gasteiger partial charge in [0, 0.05) is 50.5 Å². The fourth-order valence-corrected chi connectivity index (χ4v) is 7.76. The third-order valence-corrected chi connectivity index (χ3v) is 9.45. The standard InChI is InChI=1S/C30H42N6O6/c1-3-36(15-14-33-27(39)21(35-17(2)37)7-5-13-34-28(31)32)29(40)41-23-11-8-19-16-18-6-4-12-30-20(18)9-10-22(38)26(30)42-25(23)24(19)30/h8,11,18,20-21,26H,3-7,9-10,12-16H2,1-2H3,(H,33,39)(H,35,37)(H4,31,32,34)/t18-,20?,21+,26?,30+/m1/s1. The van der Waals surface area contributed by atoms with Gasteiger partial charge in [-0.3, -0.25) is 19.8 Å². The minimum absolute atomic E-state index is 0.145. The molecule has 12 nitrogen and oxygen atoms in total. The number of amides is 3. The molecule has 6 N–H and O–H groups in total. The zero-order valence-corrected chi connectivity index (χ0v) is 24.4. The van der Waals surface area contributed by atoms with Crippen molar-refractivity contribution in [1.29, 1.82) is 5.41 Å². The number of ether oxygens (including phenoxy) is 2. The van der Waals surface area contributed by atoms with E-state index in [4.69, 9.17) is 20.6 Å². The average Bonchev–Trinajstić information content (AvgIpc) is 3.29. The van der Waals surface area contributed by atoms with Gasteiger partial charge in [0.05, 0.1) is 0 Å². The third kappa shape index (κ3) is 5.50. The van der Waals surface area contributed by atoms with Crippen molar-refractivity contribution >= 4 is 29.7 Å². The van der Waals surface area contributed by atoms with Crippen LogP contribution in [0.25, 0.3) is 0 Å². The van der Waals surface area contributed by atoms with Crippen LogP contribution in [0.5, 0.6) is 11.5 Å². The first kappa shape index (κ1) is 29.7. The molecular formula is C30H42N6O6. The van der Waals surface area contributed by atoms with E-state index in [0.29, 0.717) is 55.7 Å². The number of carbonyl (C=O) groups excluding carboxylic acids is 4. The number of likely N-dealkylation sites (N-methyl/N-ethyl adjacent to an activating group) is 1. The Balaban J connectivity index is 1.22. The van der Waals surface area contributed by atoms with Gasteiger partial charge < -0.3 is 36.1 Å². The summed E-state index contributed by atoms with van der Waals surface area (Å²) in [4.78, 5) is 52.2. The Bertz CT molecular complexity index is 1270. The van der Waals surface area contributed by atoms with Crippen molar-refractivity contribution < 1.29 is 28.7 Å². The van der Waals surface area contributed by atoms with Crippen molar-refractivity contribution in [2.75, 3.05) is 26.2 Å². The van der Waals surface area contributed by atoms with Gasteiger partial charge in [-0.15, -0.1) is 0 Å². The summed E-state index contributed by atoms with van der Waals surface area (Å²) in [6.07, 6.45) is 5.42. The molecule has 1 aromatic rings. The van der Waals surface area contributed by atoms with E-state index in [1.54, 1.807) is 6.07 Å². The summed E-state index contributed by atoms with van der Waals surface area (Å²) in [7, 11) is 0. The van der Waals surface area contributed by atoms with Gasteiger partial charge in [-0.2, -0.15) is 0 Å². The zero-order chi connectivity index (χ0) is 30.0. The molecule has 42 heavy (non-hydrogen) atoms. The quantitative estimate of drug-likeness (QED) is 0.149. The Morgan fingerprint density at radius 3 is 2.79 bits per heavy atom. The van der Waals surface area contributed by atoms with Crippen molar-refractivity contribution in [2.45, 2.75) is 82.8 Å². The third-order valence-electron chi connectivity index (χ3n) is 9.45. The van der Waals surface area contributed by atoms with Crippen molar-refractivity contribution in [3.63, 3.8) is 0 Å². The van der Waals surface area contributed by atoms with Crippen molar-refractivity contribution in [3.05, 3.63) is 23.3 Å². The van der Waals surface area contributed by atoms with Crippen LogP contribution >= 0.6 is 0 Å². The molecule has 4 aliphatic rings. The smallest absolute Gasteiger partial charge is 0.415 e. The molecular weight excluding hydrogens is 540 g/mol.